The Labute approximate surface area is 220 Å². The van der Waals surface area contributed by atoms with Gasteiger partial charge in [-0.05, 0) is 53.4 Å². The molecule has 0 saturated heterocycles. The number of carbonyl (C=O) groups is 1. The molecule has 2 heterocycles. The summed E-state index contributed by atoms with van der Waals surface area (Å²) in [5, 5.41) is 27.2. The molecule has 0 aliphatic rings. The highest BCUT2D eigenvalue weighted by molar-refractivity contribution is 5.99. The van der Waals surface area contributed by atoms with Gasteiger partial charge >= 0.3 is 0 Å². The average Bonchev–Trinajstić information content (AvgIpc) is 2.96. The van der Waals surface area contributed by atoms with Crippen LogP contribution in [0.1, 0.15) is 27.0 Å². The molecule has 0 fully saturated rings. The predicted molar refractivity (Wildman–Crippen MR) is 144 cm³/mol. The van der Waals surface area contributed by atoms with Gasteiger partial charge in [0, 0.05) is 37.6 Å². The van der Waals surface area contributed by atoms with Crippen molar-refractivity contribution in [2.45, 2.75) is 13.0 Å². The number of rotatable bonds is 11. The number of carbonyl (C=O) groups excluding carboxylic acids is 1. The molecule has 4 N–H and O–H groups in total. The Bertz CT molecular complexity index is 1400. The summed E-state index contributed by atoms with van der Waals surface area (Å²) in [6.07, 6.45) is 3.74. The molecule has 2 aromatic heterocycles. The molecule has 0 spiro atoms. The molecule has 38 heavy (non-hydrogen) atoms. The number of nitrogens with zero attached hydrogens (tertiary/aromatic N) is 3. The first-order valence-electron chi connectivity index (χ1n) is 12.1. The van der Waals surface area contributed by atoms with Gasteiger partial charge in [-0.2, -0.15) is 5.26 Å². The van der Waals surface area contributed by atoms with E-state index in [1.54, 1.807) is 18.3 Å². The molecule has 2 aromatic carbocycles. The molecule has 9 heteroatoms. The number of hydrogen-bond acceptors (Lipinski definition) is 7. The smallest absolute Gasteiger partial charge is 0.255 e. The number of nitrogens with one attached hydrogen (secondary N) is 3. The molecule has 0 bridgehead atoms. The molecule has 0 saturated carbocycles. The maximum absolute atomic E-state index is 13.1. The van der Waals surface area contributed by atoms with Gasteiger partial charge in [-0.1, -0.05) is 36.4 Å². The van der Waals surface area contributed by atoms with Crippen LogP contribution in [0.3, 0.4) is 0 Å². The van der Waals surface area contributed by atoms with Crippen LogP contribution in [-0.2, 0) is 13.0 Å². The monoisotopic (exact) mass is 510 g/mol. The third-order valence-electron chi connectivity index (χ3n) is 5.80. The number of nitriles is 1. The Balaban J connectivity index is 1.38. The largest absolute Gasteiger partial charge is 0.395 e. The molecule has 4 aromatic rings. The van der Waals surface area contributed by atoms with Crippen molar-refractivity contribution in [2.24, 2.45) is 0 Å². The molecule has 4 rings (SSSR count). The van der Waals surface area contributed by atoms with E-state index in [4.69, 9.17) is 5.11 Å². The highest BCUT2D eigenvalue weighted by Crippen LogP contribution is 2.21. The standard InChI is InChI=1S/C29H27FN6O2/c30-25-8-3-20(4-9-25)11-12-33-29(38)26-15-22(16-31)18-36-28(26)35-17-21-1-5-23(6-2-21)24-7-10-27(34-19-24)32-13-14-37/h1-10,15,18-19,37H,11-14,17H2,(H,32,34)(H,33,38)(H,35,36). The Morgan fingerprint density at radius 1 is 0.895 bits per heavy atom. The van der Waals surface area contributed by atoms with Gasteiger partial charge in [0.1, 0.15) is 23.5 Å². The van der Waals surface area contributed by atoms with Crippen LogP contribution in [0.4, 0.5) is 16.0 Å². The number of aromatic nitrogens is 2. The lowest BCUT2D eigenvalue weighted by molar-refractivity contribution is 0.0954. The fraction of sp³-hybridized carbons (Fsp3) is 0.172. The molecule has 0 radical (unpaired) electrons. The summed E-state index contributed by atoms with van der Waals surface area (Å²) in [5.41, 5.74) is 4.43. The van der Waals surface area contributed by atoms with Crippen LogP contribution in [-0.4, -0.2) is 40.7 Å². The number of aliphatic hydroxyl groups is 1. The van der Waals surface area contributed by atoms with Crippen LogP contribution in [0.25, 0.3) is 11.1 Å². The van der Waals surface area contributed by atoms with Crippen LogP contribution in [0, 0.1) is 17.1 Å². The molecule has 0 aliphatic heterocycles. The lowest BCUT2D eigenvalue weighted by atomic mass is 10.1. The van der Waals surface area contributed by atoms with Crippen molar-refractivity contribution in [1.29, 1.82) is 5.26 Å². The predicted octanol–water partition coefficient (Wildman–Crippen LogP) is 4.14. The van der Waals surface area contributed by atoms with Crippen LogP contribution in [0.5, 0.6) is 0 Å². The van der Waals surface area contributed by atoms with E-state index in [0.29, 0.717) is 37.7 Å². The topological polar surface area (TPSA) is 123 Å². The van der Waals surface area contributed by atoms with Gasteiger partial charge in [-0.15, -0.1) is 0 Å². The minimum Gasteiger partial charge on any atom is -0.395 e. The first-order chi connectivity index (χ1) is 18.6. The van der Waals surface area contributed by atoms with E-state index in [1.807, 2.05) is 42.5 Å². The van der Waals surface area contributed by atoms with Crippen LogP contribution in [0.2, 0.25) is 0 Å². The van der Waals surface area contributed by atoms with Crippen molar-refractivity contribution in [1.82, 2.24) is 15.3 Å². The number of pyridine rings is 2. The van der Waals surface area contributed by atoms with Crippen LogP contribution >= 0.6 is 0 Å². The Hall–Kier alpha value is -4.81. The molecule has 1 amide bonds. The number of halogens is 1. The van der Waals surface area contributed by atoms with Crippen molar-refractivity contribution in [3.8, 4) is 17.2 Å². The fourth-order valence-corrected chi connectivity index (χ4v) is 3.76. The molecule has 0 atom stereocenters. The lowest BCUT2D eigenvalue weighted by Gasteiger charge is -2.12. The highest BCUT2D eigenvalue weighted by Gasteiger charge is 2.14. The summed E-state index contributed by atoms with van der Waals surface area (Å²) in [6.45, 7) is 1.27. The highest BCUT2D eigenvalue weighted by atomic mass is 19.1. The Morgan fingerprint density at radius 3 is 2.32 bits per heavy atom. The van der Waals surface area contributed by atoms with Gasteiger partial charge in [0.2, 0.25) is 0 Å². The van der Waals surface area contributed by atoms with Gasteiger partial charge < -0.3 is 21.1 Å². The molecule has 8 nitrogen and oxygen atoms in total. The Kier molecular flexibility index (Phi) is 8.94. The zero-order chi connectivity index (χ0) is 26.7. The summed E-state index contributed by atoms with van der Waals surface area (Å²) in [4.78, 5) is 21.5. The Morgan fingerprint density at radius 2 is 1.63 bits per heavy atom. The second kappa shape index (κ2) is 12.9. The molecule has 0 unspecified atom stereocenters. The number of hydrogen-bond donors (Lipinski definition) is 4. The second-order valence-corrected chi connectivity index (χ2v) is 8.50. The van der Waals surface area contributed by atoms with Crippen molar-refractivity contribution in [3.63, 3.8) is 0 Å². The van der Waals surface area contributed by atoms with Gasteiger partial charge in [-0.3, -0.25) is 4.79 Å². The summed E-state index contributed by atoms with van der Waals surface area (Å²) in [5.74, 6) is 0.427. The fourth-order valence-electron chi connectivity index (χ4n) is 3.76. The average molecular weight is 511 g/mol. The van der Waals surface area contributed by atoms with E-state index < -0.39 is 0 Å². The zero-order valence-electron chi connectivity index (χ0n) is 20.6. The minimum absolute atomic E-state index is 0.0423. The number of anilines is 2. The lowest BCUT2D eigenvalue weighted by Crippen LogP contribution is -2.27. The van der Waals surface area contributed by atoms with Gasteiger partial charge in [-0.25, -0.2) is 14.4 Å². The van der Waals surface area contributed by atoms with Crippen molar-refractivity contribution in [2.75, 3.05) is 30.3 Å². The van der Waals surface area contributed by atoms with Crippen molar-refractivity contribution >= 4 is 17.5 Å². The molecular formula is C29H27FN6O2. The van der Waals surface area contributed by atoms with Crippen LogP contribution < -0.4 is 16.0 Å². The van der Waals surface area contributed by atoms with Gasteiger partial charge in [0.05, 0.1) is 17.7 Å². The summed E-state index contributed by atoms with van der Waals surface area (Å²) in [7, 11) is 0. The number of benzene rings is 2. The summed E-state index contributed by atoms with van der Waals surface area (Å²) >= 11 is 0. The van der Waals surface area contributed by atoms with E-state index in [-0.39, 0.29) is 29.5 Å². The first-order valence-corrected chi connectivity index (χ1v) is 12.1. The quantitative estimate of drug-likeness (QED) is 0.239. The van der Waals surface area contributed by atoms with Crippen molar-refractivity contribution < 1.29 is 14.3 Å². The number of aliphatic hydroxyl groups excluding tert-OH is 1. The third-order valence-corrected chi connectivity index (χ3v) is 5.80. The maximum atomic E-state index is 13.1. The van der Waals surface area contributed by atoms with E-state index in [1.165, 1.54) is 24.4 Å². The summed E-state index contributed by atoms with van der Waals surface area (Å²) < 4.78 is 13.1. The second-order valence-electron chi connectivity index (χ2n) is 8.50. The molecule has 0 aliphatic carbocycles. The van der Waals surface area contributed by atoms with Crippen molar-refractivity contribution in [3.05, 3.63) is 107 Å². The third kappa shape index (κ3) is 7.12. The first kappa shape index (κ1) is 26.3. The SMILES string of the molecule is N#Cc1cnc(NCc2ccc(-c3ccc(NCCO)nc3)cc2)c(C(=O)NCCc2ccc(F)cc2)c1. The van der Waals surface area contributed by atoms with E-state index >= 15 is 0 Å². The summed E-state index contributed by atoms with van der Waals surface area (Å²) in [6, 6.07) is 21.4. The van der Waals surface area contributed by atoms with Gasteiger partial charge in [0.15, 0.2) is 0 Å². The van der Waals surface area contributed by atoms with E-state index in [2.05, 4.69) is 25.9 Å². The number of amides is 1. The maximum Gasteiger partial charge on any atom is 0.255 e. The van der Waals surface area contributed by atoms with E-state index in [9.17, 15) is 14.4 Å². The minimum atomic E-state index is -0.348. The zero-order valence-corrected chi connectivity index (χ0v) is 20.6. The van der Waals surface area contributed by atoms with Gasteiger partial charge in [0.25, 0.3) is 5.91 Å². The molecular weight excluding hydrogens is 483 g/mol. The van der Waals surface area contributed by atoms with Crippen LogP contribution in [0.15, 0.2) is 79.1 Å². The normalized spacial score (nSPS) is 10.4. The van der Waals surface area contributed by atoms with E-state index in [0.717, 1.165) is 22.3 Å². The molecule has 192 valence electrons.